The fraction of sp³-hybridized carbons (Fsp3) is 0.481. The van der Waals surface area contributed by atoms with Crippen molar-refractivity contribution in [1.82, 2.24) is 0 Å². The number of carbonyl (C=O) groups is 2. The minimum absolute atomic E-state index is 0.0109. The number of ketones is 1. The van der Waals surface area contributed by atoms with Gasteiger partial charge in [-0.05, 0) is 55.0 Å². The minimum Gasteiger partial charge on any atom is -0.451 e. The molecule has 1 unspecified atom stereocenters. The van der Waals surface area contributed by atoms with E-state index >= 15 is 0 Å². The van der Waals surface area contributed by atoms with E-state index in [1.54, 1.807) is 19.1 Å². The molecule has 0 bridgehead atoms. The maximum atomic E-state index is 12.4. The van der Waals surface area contributed by atoms with Gasteiger partial charge in [-0.1, -0.05) is 82.3 Å². The van der Waals surface area contributed by atoms with Crippen LogP contribution in [0.3, 0.4) is 0 Å². The van der Waals surface area contributed by atoms with Gasteiger partial charge in [0, 0.05) is 6.42 Å². The summed E-state index contributed by atoms with van der Waals surface area (Å²) >= 11 is 0. The van der Waals surface area contributed by atoms with Gasteiger partial charge in [-0.15, -0.1) is 0 Å². The van der Waals surface area contributed by atoms with Crippen LogP contribution in [0.4, 0.5) is 0 Å². The second-order valence-electron chi connectivity index (χ2n) is 8.06. The third-order valence-electron chi connectivity index (χ3n) is 5.49. The molecule has 0 radical (unpaired) electrons. The van der Waals surface area contributed by atoms with Crippen LogP contribution < -0.4 is 0 Å². The number of hydrogen-bond acceptors (Lipinski definition) is 3. The van der Waals surface area contributed by atoms with E-state index in [9.17, 15) is 9.59 Å². The average molecular weight is 409 g/mol. The molecular weight excluding hydrogens is 372 g/mol. The Kier molecular flexibility index (Phi) is 10.3. The maximum Gasteiger partial charge on any atom is 0.338 e. The lowest BCUT2D eigenvalue weighted by Crippen LogP contribution is -2.24. The lowest BCUT2D eigenvalue weighted by atomic mass is 10.0. The second-order valence-corrected chi connectivity index (χ2v) is 8.06. The van der Waals surface area contributed by atoms with Gasteiger partial charge in [-0.25, -0.2) is 4.79 Å². The molecule has 3 nitrogen and oxygen atoms in total. The van der Waals surface area contributed by atoms with Crippen LogP contribution in [-0.4, -0.2) is 17.9 Å². The van der Waals surface area contributed by atoms with Crippen molar-refractivity contribution in [3.63, 3.8) is 0 Å². The number of ether oxygens (including phenoxy) is 1. The van der Waals surface area contributed by atoms with Crippen LogP contribution in [0.15, 0.2) is 48.5 Å². The van der Waals surface area contributed by atoms with Gasteiger partial charge in [0.25, 0.3) is 0 Å². The number of benzene rings is 2. The lowest BCUT2D eigenvalue weighted by Gasteiger charge is -2.12. The SMILES string of the molecule is CCCCCCc1ccc(-c2ccc(C(=O)OC(C)C(=O)CCCCC)cc2)cc1. The molecule has 30 heavy (non-hydrogen) atoms. The molecule has 0 saturated heterocycles. The third-order valence-corrected chi connectivity index (χ3v) is 5.49. The van der Waals surface area contributed by atoms with Crippen LogP contribution in [0.1, 0.15) is 88.1 Å². The molecular formula is C27H36O3. The van der Waals surface area contributed by atoms with Gasteiger partial charge in [-0.2, -0.15) is 0 Å². The van der Waals surface area contributed by atoms with Crippen LogP contribution in [0, 0.1) is 0 Å². The maximum absolute atomic E-state index is 12.4. The third kappa shape index (κ3) is 7.78. The highest BCUT2D eigenvalue weighted by Gasteiger charge is 2.18. The zero-order valence-corrected chi connectivity index (χ0v) is 18.8. The van der Waals surface area contributed by atoms with E-state index < -0.39 is 12.1 Å². The molecule has 0 amide bonds. The first-order valence-corrected chi connectivity index (χ1v) is 11.5. The largest absolute Gasteiger partial charge is 0.451 e. The van der Waals surface area contributed by atoms with Crippen molar-refractivity contribution in [2.75, 3.05) is 0 Å². The Morgan fingerprint density at radius 2 is 1.33 bits per heavy atom. The number of hydrogen-bond donors (Lipinski definition) is 0. The molecule has 0 spiro atoms. The molecule has 0 saturated carbocycles. The van der Waals surface area contributed by atoms with Crippen molar-refractivity contribution in [1.29, 1.82) is 0 Å². The van der Waals surface area contributed by atoms with Gasteiger partial charge < -0.3 is 4.74 Å². The number of esters is 1. The second kappa shape index (κ2) is 13.0. The molecule has 0 aliphatic heterocycles. The highest BCUT2D eigenvalue weighted by atomic mass is 16.5. The summed E-state index contributed by atoms with van der Waals surface area (Å²) in [6, 6.07) is 16.1. The Labute approximate surface area is 181 Å². The van der Waals surface area contributed by atoms with Crippen LogP contribution in [0.5, 0.6) is 0 Å². The number of rotatable bonds is 13. The molecule has 3 heteroatoms. The minimum atomic E-state index is -0.695. The average Bonchev–Trinajstić information content (AvgIpc) is 2.77. The topological polar surface area (TPSA) is 43.4 Å². The van der Waals surface area contributed by atoms with Crippen molar-refractivity contribution < 1.29 is 14.3 Å². The van der Waals surface area contributed by atoms with Crippen molar-refractivity contribution in [2.24, 2.45) is 0 Å². The van der Waals surface area contributed by atoms with Crippen LogP contribution in [0.2, 0.25) is 0 Å². The number of aryl methyl sites for hydroxylation is 1. The van der Waals surface area contributed by atoms with Crippen molar-refractivity contribution >= 4 is 11.8 Å². The highest BCUT2D eigenvalue weighted by molar-refractivity contribution is 5.93. The summed E-state index contributed by atoms with van der Waals surface area (Å²) in [6.45, 7) is 5.99. The predicted octanol–water partition coefficient (Wildman–Crippen LogP) is 7.17. The molecule has 2 aromatic carbocycles. The molecule has 0 heterocycles. The molecule has 2 rings (SSSR count). The van der Waals surface area contributed by atoms with E-state index in [1.807, 2.05) is 12.1 Å². The van der Waals surface area contributed by atoms with Crippen LogP contribution in [0.25, 0.3) is 11.1 Å². The fourth-order valence-corrected chi connectivity index (χ4v) is 3.47. The summed E-state index contributed by atoms with van der Waals surface area (Å²) in [6.07, 6.45) is 8.93. The van der Waals surface area contributed by atoms with E-state index in [-0.39, 0.29) is 5.78 Å². The molecule has 0 N–H and O–H groups in total. The molecule has 1 atom stereocenters. The van der Waals surface area contributed by atoms with Crippen LogP contribution in [-0.2, 0) is 16.0 Å². The van der Waals surface area contributed by atoms with Gasteiger partial charge in [0.2, 0.25) is 0 Å². The molecule has 2 aromatic rings. The molecule has 0 aliphatic carbocycles. The summed E-state index contributed by atoms with van der Waals surface area (Å²) in [4.78, 5) is 24.4. The molecule has 0 fully saturated rings. The van der Waals surface area contributed by atoms with E-state index in [0.29, 0.717) is 12.0 Å². The van der Waals surface area contributed by atoms with E-state index in [0.717, 1.165) is 36.8 Å². The first-order valence-electron chi connectivity index (χ1n) is 11.5. The van der Waals surface area contributed by atoms with Gasteiger partial charge in [-0.3, -0.25) is 4.79 Å². The summed E-state index contributed by atoms with van der Waals surface area (Å²) in [5, 5.41) is 0. The standard InChI is InChI=1S/C27H36O3/c1-4-6-8-10-11-22-13-15-23(16-14-22)24-17-19-25(20-18-24)27(29)30-21(3)26(28)12-9-7-5-2/h13-21H,4-12H2,1-3H3. The van der Waals surface area contributed by atoms with E-state index in [2.05, 4.69) is 38.1 Å². The predicted molar refractivity (Wildman–Crippen MR) is 124 cm³/mol. The van der Waals surface area contributed by atoms with Gasteiger partial charge in [0.1, 0.15) is 0 Å². The van der Waals surface area contributed by atoms with E-state index in [1.165, 1.54) is 31.2 Å². The summed E-state index contributed by atoms with van der Waals surface area (Å²) in [7, 11) is 0. The quantitative estimate of drug-likeness (QED) is 0.261. The normalized spacial score (nSPS) is 11.8. The van der Waals surface area contributed by atoms with Gasteiger partial charge in [0.15, 0.2) is 11.9 Å². The molecule has 162 valence electrons. The highest BCUT2D eigenvalue weighted by Crippen LogP contribution is 2.22. The van der Waals surface area contributed by atoms with Gasteiger partial charge >= 0.3 is 5.97 Å². The summed E-state index contributed by atoms with van der Waals surface area (Å²) < 4.78 is 5.36. The van der Waals surface area contributed by atoms with Gasteiger partial charge in [0.05, 0.1) is 5.56 Å². The molecule has 0 aliphatic rings. The smallest absolute Gasteiger partial charge is 0.338 e. The van der Waals surface area contributed by atoms with Crippen molar-refractivity contribution in [3.05, 3.63) is 59.7 Å². The lowest BCUT2D eigenvalue weighted by molar-refractivity contribution is -0.127. The molecule has 0 aromatic heterocycles. The first kappa shape index (κ1) is 23.9. The number of Topliss-reactive ketones (excluding diaryl/α,β-unsaturated/α-hetero) is 1. The monoisotopic (exact) mass is 408 g/mol. The zero-order chi connectivity index (χ0) is 21.8. The Hall–Kier alpha value is -2.42. The van der Waals surface area contributed by atoms with Crippen LogP contribution >= 0.6 is 0 Å². The van der Waals surface area contributed by atoms with Crippen molar-refractivity contribution in [3.8, 4) is 11.1 Å². The summed E-state index contributed by atoms with van der Waals surface area (Å²) in [5.41, 5.74) is 4.03. The fourth-order valence-electron chi connectivity index (χ4n) is 3.47. The Morgan fingerprint density at radius 1 is 0.767 bits per heavy atom. The Bertz CT molecular complexity index is 775. The Morgan fingerprint density at radius 3 is 1.93 bits per heavy atom. The summed E-state index contributed by atoms with van der Waals surface area (Å²) in [5.74, 6) is -0.455. The van der Waals surface area contributed by atoms with Crippen molar-refractivity contribution in [2.45, 2.75) is 84.7 Å². The first-order chi connectivity index (χ1) is 14.5. The van der Waals surface area contributed by atoms with E-state index in [4.69, 9.17) is 4.74 Å². The Balaban J connectivity index is 1.89. The number of carbonyl (C=O) groups excluding carboxylic acids is 2. The zero-order valence-electron chi connectivity index (χ0n) is 18.8. The number of unbranched alkanes of at least 4 members (excludes halogenated alkanes) is 5.